The van der Waals surface area contributed by atoms with Gasteiger partial charge >= 0.3 is 0 Å². The molecular weight excluding hydrogens is 446 g/mol. The number of carbonyl (C=O) groups excluding carboxylic acids is 1. The Labute approximate surface area is 198 Å². The summed E-state index contributed by atoms with van der Waals surface area (Å²) < 4.78 is 4.41. The second-order valence-electron chi connectivity index (χ2n) is 7.74. The van der Waals surface area contributed by atoms with E-state index in [0.29, 0.717) is 12.2 Å². The molecule has 0 saturated heterocycles. The highest BCUT2D eigenvalue weighted by Gasteiger charge is 2.15. The first kappa shape index (κ1) is 19.9. The fourth-order valence-electron chi connectivity index (χ4n) is 4.14. The average molecular weight is 466 g/mol. The summed E-state index contributed by atoms with van der Waals surface area (Å²) in [5.41, 5.74) is 3.73. The molecule has 3 aromatic heterocycles. The maximum absolute atomic E-state index is 12.9. The van der Waals surface area contributed by atoms with Gasteiger partial charge in [0.2, 0.25) is 0 Å². The van der Waals surface area contributed by atoms with Crippen LogP contribution in [0.15, 0.2) is 96.8 Å². The van der Waals surface area contributed by atoms with Crippen molar-refractivity contribution in [2.45, 2.75) is 6.54 Å². The summed E-state index contributed by atoms with van der Waals surface area (Å²) in [6, 6.07) is 27.3. The van der Waals surface area contributed by atoms with Crippen molar-refractivity contribution < 1.29 is 4.79 Å². The Kier molecular flexibility index (Phi) is 5.02. The van der Waals surface area contributed by atoms with Gasteiger partial charge in [0.05, 0.1) is 19.1 Å². The molecule has 0 bridgehead atoms. The van der Waals surface area contributed by atoms with Crippen molar-refractivity contribution in [1.82, 2.24) is 14.9 Å². The molecule has 0 aliphatic heterocycles. The number of carbonyl (C=O) groups is 1. The van der Waals surface area contributed by atoms with Crippen LogP contribution in [0.5, 0.6) is 0 Å². The Morgan fingerprint density at radius 2 is 1.82 bits per heavy atom. The summed E-state index contributed by atoms with van der Waals surface area (Å²) in [4.78, 5) is 18.2. The van der Waals surface area contributed by atoms with Crippen LogP contribution in [0.4, 0.5) is 0 Å². The van der Waals surface area contributed by atoms with E-state index in [9.17, 15) is 4.79 Å². The predicted molar refractivity (Wildman–Crippen MR) is 137 cm³/mol. The Balaban J connectivity index is 1.37. The molecule has 33 heavy (non-hydrogen) atoms. The van der Waals surface area contributed by atoms with Gasteiger partial charge in [0.15, 0.2) is 0 Å². The fraction of sp³-hybridized carbons (Fsp3) is 0.0370. The van der Waals surface area contributed by atoms with Gasteiger partial charge in [0.1, 0.15) is 5.69 Å². The van der Waals surface area contributed by atoms with Crippen LogP contribution in [0.25, 0.3) is 37.0 Å². The van der Waals surface area contributed by atoms with Gasteiger partial charge in [-0.3, -0.25) is 9.36 Å². The van der Waals surface area contributed by atoms with E-state index in [-0.39, 0.29) is 5.91 Å². The van der Waals surface area contributed by atoms with Crippen LogP contribution < -0.4 is 5.32 Å². The van der Waals surface area contributed by atoms with Gasteiger partial charge in [0, 0.05) is 30.7 Å². The zero-order valence-corrected chi connectivity index (χ0v) is 19.2. The first-order valence-corrected chi connectivity index (χ1v) is 12.3. The largest absolute Gasteiger partial charge is 0.346 e. The Morgan fingerprint density at radius 1 is 0.939 bits per heavy atom. The summed E-state index contributed by atoms with van der Waals surface area (Å²) in [6.45, 7) is 0.510. The summed E-state index contributed by atoms with van der Waals surface area (Å²) in [5.74, 6) is -0.141. The van der Waals surface area contributed by atoms with Gasteiger partial charge in [-0.1, -0.05) is 54.6 Å². The van der Waals surface area contributed by atoms with Crippen molar-refractivity contribution >= 4 is 48.8 Å². The molecule has 1 N–H and O–H groups in total. The van der Waals surface area contributed by atoms with Gasteiger partial charge in [-0.2, -0.15) is 0 Å². The van der Waals surface area contributed by atoms with E-state index in [2.05, 4.69) is 64.9 Å². The number of thiophene rings is 2. The number of amides is 1. The molecule has 0 aliphatic rings. The van der Waals surface area contributed by atoms with Gasteiger partial charge < -0.3 is 5.32 Å². The highest BCUT2D eigenvalue weighted by molar-refractivity contribution is 7.26. The summed E-state index contributed by atoms with van der Waals surface area (Å²) in [6.07, 6.45) is 3.31. The molecule has 0 saturated carbocycles. The molecule has 0 radical (unpaired) electrons. The zero-order valence-electron chi connectivity index (χ0n) is 17.6. The Bertz CT molecular complexity index is 1590. The molecule has 0 aliphatic carbocycles. The third kappa shape index (κ3) is 3.63. The lowest BCUT2D eigenvalue weighted by Gasteiger charge is -2.11. The van der Waals surface area contributed by atoms with Crippen molar-refractivity contribution in [3.05, 3.63) is 107 Å². The molecular formula is C27H19N3OS2. The van der Waals surface area contributed by atoms with Crippen molar-refractivity contribution in [3.8, 4) is 16.8 Å². The summed E-state index contributed by atoms with van der Waals surface area (Å²) >= 11 is 3.45. The van der Waals surface area contributed by atoms with Gasteiger partial charge in [-0.05, 0) is 40.8 Å². The van der Waals surface area contributed by atoms with Crippen LogP contribution in [-0.4, -0.2) is 15.5 Å². The van der Waals surface area contributed by atoms with E-state index in [4.69, 9.17) is 0 Å². The molecule has 6 rings (SSSR count). The van der Waals surface area contributed by atoms with E-state index in [1.165, 1.54) is 25.7 Å². The van der Waals surface area contributed by atoms with Gasteiger partial charge in [-0.15, -0.1) is 22.7 Å². The van der Waals surface area contributed by atoms with Crippen LogP contribution in [-0.2, 0) is 6.54 Å². The number of benzene rings is 3. The molecule has 6 aromatic rings. The minimum Gasteiger partial charge on any atom is -0.346 e. The quantitative estimate of drug-likeness (QED) is 0.301. The number of imidazole rings is 1. The lowest BCUT2D eigenvalue weighted by molar-refractivity contribution is 0.0944. The van der Waals surface area contributed by atoms with E-state index in [1.807, 2.05) is 45.5 Å². The number of rotatable bonds is 5. The first-order chi connectivity index (χ1) is 16.3. The van der Waals surface area contributed by atoms with E-state index < -0.39 is 0 Å². The van der Waals surface area contributed by atoms with Crippen LogP contribution in [0, 0.1) is 0 Å². The average Bonchev–Trinajstić information content (AvgIpc) is 3.62. The molecule has 4 nitrogen and oxygen atoms in total. The van der Waals surface area contributed by atoms with Crippen molar-refractivity contribution in [2.24, 2.45) is 0 Å². The third-order valence-electron chi connectivity index (χ3n) is 5.71. The molecule has 0 fully saturated rings. The zero-order chi connectivity index (χ0) is 22.2. The predicted octanol–water partition coefficient (Wildman–Crippen LogP) is 6.90. The van der Waals surface area contributed by atoms with E-state index >= 15 is 0 Å². The molecule has 1 amide bonds. The number of nitrogens with zero attached hydrogens (tertiary/aromatic N) is 2. The van der Waals surface area contributed by atoms with E-state index in [0.717, 1.165) is 16.1 Å². The molecule has 160 valence electrons. The number of aromatic nitrogens is 2. The lowest BCUT2D eigenvalue weighted by Crippen LogP contribution is -2.24. The Morgan fingerprint density at radius 3 is 2.73 bits per heavy atom. The number of fused-ring (bicyclic) bond motifs is 3. The molecule has 3 aromatic carbocycles. The van der Waals surface area contributed by atoms with Crippen LogP contribution in [0.2, 0.25) is 0 Å². The van der Waals surface area contributed by atoms with E-state index in [1.54, 1.807) is 23.9 Å². The second-order valence-corrected chi connectivity index (χ2v) is 9.83. The molecule has 6 heteroatoms. The maximum Gasteiger partial charge on any atom is 0.270 e. The monoisotopic (exact) mass is 465 g/mol. The van der Waals surface area contributed by atoms with Crippen LogP contribution in [0.1, 0.15) is 15.4 Å². The van der Waals surface area contributed by atoms with Crippen molar-refractivity contribution in [3.63, 3.8) is 0 Å². The number of hydrogen-bond acceptors (Lipinski definition) is 4. The SMILES string of the molecule is O=C(NCc1cccs1)c1cncn1-c1cccc(-c2cccc3c2sc2ccccc23)c1. The lowest BCUT2D eigenvalue weighted by atomic mass is 10.0. The molecule has 0 atom stereocenters. The number of hydrogen-bond donors (Lipinski definition) is 1. The van der Waals surface area contributed by atoms with Crippen LogP contribution in [0.3, 0.4) is 0 Å². The third-order valence-corrected chi connectivity index (χ3v) is 7.81. The second kappa shape index (κ2) is 8.31. The highest BCUT2D eigenvalue weighted by Crippen LogP contribution is 2.40. The fourth-order valence-corrected chi connectivity index (χ4v) is 6.02. The van der Waals surface area contributed by atoms with Crippen molar-refractivity contribution in [2.75, 3.05) is 0 Å². The molecule has 3 heterocycles. The standard InChI is InChI=1S/C27H19N3OS2/c31-27(29-15-20-8-5-13-32-20)24-16-28-17-30(24)19-7-3-6-18(14-19)21-10-4-11-23-22-9-1-2-12-25(22)33-26(21)23/h1-14,16-17H,15H2,(H,29,31). The summed E-state index contributed by atoms with van der Waals surface area (Å²) in [5, 5.41) is 7.56. The topological polar surface area (TPSA) is 46.9 Å². The normalized spacial score (nSPS) is 11.3. The Hall–Kier alpha value is -3.74. The minimum atomic E-state index is -0.141. The first-order valence-electron chi connectivity index (χ1n) is 10.6. The van der Waals surface area contributed by atoms with Gasteiger partial charge in [-0.25, -0.2) is 4.98 Å². The van der Waals surface area contributed by atoms with Crippen LogP contribution >= 0.6 is 22.7 Å². The number of nitrogens with one attached hydrogen (secondary N) is 1. The van der Waals surface area contributed by atoms with Crippen molar-refractivity contribution in [1.29, 1.82) is 0 Å². The summed E-state index contributed by atoms with van der Waals surface area (Å²) in [7, 11) is 0. The highest BCUT2D eigenvalue weighted by atomic mass is 32.1. The molecule has 0 spiro atoms. The smallest absolute Gasteiger partial charge is 0.270 e. The molecule has 0 unspecified atom stereocenters. The van der Waals surface area contributed by atoms with Gasteiger partial charge in [0.25, 0.3) is 5.91 Å². The maximum atomic E-state index is 12.9. The minimum absolute atomic E-state index is 0.141.